The lowest BCUT2D eigenvalue weighted by atomic mass is 10.1. The van der Waals surface area contributed by atoms with Gasteiger partial charge >= 0.3 is 0 Å². The average Bonchev–Trinajstić information content (AvgIpc) is 3.14. The van der Waals surface area contributed by atoms with E-state index >= 15 is 0 Å². The van der Waals surface area contributed by atoms with Gasteiger partial charge in [-0.2, -0.15) is 5.26 Å². The Morgan fingerprint density at radius 2 is 2.05 bits per heavy atom. The van der Waals surface area contributed by atoms with Crippen molar-refractivity contribution in [3.63, 3.8) is 0 Å². The van der Waals surface area contributed by atoms with Crippen LogP contribution in [0.25, 0.3) is 0 Å². The number of thiophene rings is 1. The molecule has 3 rings (SSSR count). The molecule has 0 amide bonds. The molecule has 96 valence electrons. The molecule has 1 fully saturated rings. The van der Waals surface area contributed by atoms with E-state index < -0.39 is 0 Å². The van der Waals surface area contributed by atoms with E-state index in [2.05, 4.69) is 28.9 Å². The van der Waals surface area contributed by atoms with E-state index in [0.29, 0.717) is 6.04 Å². The Morgan fingerprint density at radius 3 is 2.63 bits per heavy atom. The van der Waals surface area contributed by atoms with Crippen LogP contribution >= 0.6 is 11.3 Å². The largest absolute Gasteiger partial charge is 0.305 e. The second-order valence-corrected chi connectivity index (χ2v) is 6.00. The maximum Gasteiger partial charge on any atom is 0.0991 e. The van der Waals surface area contributed by atoms with Crippen molar-refractivity contribution in [2.45, 2.75) is 25.4 Å². The maximum atomic E-state index is 8.79. The molecule has 1 saturated carbocycles. The molecule has 0 radical (unpaired) electrons. The molecule has 1 N–H and O–H groups in total. The van der Waals surface area contributed by atoms with Gasteiger partial charge in [-0.3, -0.25) is 0 Å². The van der Waals surface area contributed by atoms with Gasteiger partial charge in [0.15, 0.2) is 0 Å². The lowest BCUT2D eigenvalue weighted by Crippen LogP contribution is -2.21. The Morgan fingerprint density at radius 1 is 1.26 bits per heavy atom. The zero-order valence-corrected chi connectivity index (χ0v) is 11.5. The van der Waals surface area contributed by atoms with E-state index in [1.54, 1.807) is 0 Å². The number of nitriles is 1. The van der Waals surface area contributed by atoms with Gasteiger partial charge in [0.1, 0.15) is 0 Å². The minimum absolute atomic E-state index is 0.496. The number of nitrogens with zero attached hydrogens (tertiary/aromatic N) is 1. The molecule has 2 nitrogen and oxygen atoms in total. The van der Waals surface area contributed by atoms with Gasteiger partial charge in [-0.15, -0.1) is 11.3 Å². The first kappa shape index (κ1) is 12.4. The van der Waals surface area contributed by atoms with Crippen molar-refractivity contribution in [1.29, 1.82) is 5.26 Å². The summed E-state index contributed by atoms with van der Waals surface area (Å²) in [5.41, 5.74) is 1.96. The van der Waals surface area contributed by atoms with Gasteiger partial charge in [0.05, 0.1) is 11.6 Å². The molecule has 0 saturated heterocycles. The topological polar surface area (TPSA) is 35.8 Å². The van der Waals surface area contributed by atoms with E-state index in [1.807, 2.05) is 35.6 Å². The molecule has 19 heavy (non-hydrogen) atoms. The van der Waals surface area contributed by atoms with Crippen LogP contribution in [-0.2, 0) is 6.54 Å². The standard InChI is InChI=1S/C16H16N2S/c17-10-12-3-5-13(6-4-12)11-18-16(14-7-8-14)15-2-1-9-19-15/h1-6,9,14,16,18H,7-8,11H2. The summed E-state index contributed by atoms with van der Waals surface area (Å²) in [7, 11) is 0. The molecule has 1 unspecified atom stereocenters. The third kappa shape index (κ3) is 3.04. The van der Waals surface area contributed by atoms with E-state index in [0.717, 1.165) is 18.0 Å². The fourth-order valence-electron chi connectivity index (χ4n) is 2.32. The Labute approximate surface area is 117 Å². The van der Waals surface area contributed by atoms with Gasteiger partial charge in [0.25, 0.3) is 0 Å². The van der Waals surface area contributed by atoms with Crippen LogP contribution in [0.3, 0.4) is 0 Å². The van der Waals surface area contributed by atoms with Crippen molar-refractivity contribution >= 4 is 11.3 Å². The zero-order valence-electron chi connectivity index (χ0n) is 10.7. The van der Waals surface area contributed by atoms with Crippen LogP contribution in [0.2, 0.25) is 0 Å². The first-order valence-corrected chi connectivity index (χ1v) is 7.50. The first-order valence-electron chi connectivity index (χ1n) is 6.62. The summed E-state index contributed by atoms with van der Waals surface area (Å²) in [5, 5.41) is 14.6. The van der Waals surface area contributed by atoms with Gasteiger partial charge in [-0.25, -0.2) is 0 Å². The highest BCUT2D eigenvalue weighted by Gasteiger charge is 2.32. The summed E-state index contributed by atoms with van der Waals surface area (Å²) in [6.07, 6.45) is 2.67. The van der Waals surface area contributed by atoms with E-state index in [4.69, 9.17) is 5.26 Å². The highest BCUT2D eigenvalue weighted by Crippen LogP contribution is 2.42. The minimum atomic E-state index is 0.496. The number of hydrogen-bond acceptors (Lipinski definition) is 3. The van der Waals surface area contributed by atoms with Crippen LogP contribution in [-0.4, -0.2) is 0 Å². The lowest BCUT2D eigenvalue weighted by molar-refractivity contribution is 0.487. The molecule has 0 spiro atoms. The van der Waals surface area contributed by atoms with E-state index in [-0.39, 0.29) is 0 Å². The van der Waals surface area contributed by atoms with Gasteiger partial charge < -0.3 is 5.32 Å². The number of nitrogens with one attached hydrogen (secondary N) is 1. The van der Waals surface area contributed by atoms with Crippen LogP contribution in [0, 0.1) is 17.2 Å². The molecule has 1 aromatic heterocycles. The normalized spacial score (nSPS) is 15.9. The maximum absolute atomic E-state index is 8.79. The van der Waals surface area contributed by atoms with Crippen LogP contribution in [0.5, 0.6) is 0 Å². The van der Waals surface area contributed by atoms with Crippen LogP contribution in [0.1, 0.15) is 34.9 Å². The van der Waals surface area contributed by atoms with Crippen molar-refractivity contribution < 1.29 is 0 Å². The summed E-state index contributed by atoms with van der Waals surface area (Å²) < 4.78 is 0. The molecule has 2 aromatic rings. The van der Waals surface area contributed by atoms with Crippen LogP contribution < -0.4 is 5.32 Å². The Bertz CT molecular complexity index is 562. The smallest absolute Gasteiger partial charge is 0.0991 e. The molecular formula is C16H16N2S. The zero-order chi connectivity index (χ0) is 13.1. The Balaban J connectivity index is 1.65. The van der Waals surface area contributed by atoms with Gasteiger partial charge in [-0.05, 0) is 47.9 Å². The second kappa shape index (κ2) is 5.56. The molecule has 1 heterocycles. The quantitative estimate of drug-likeness (QED) is 0.893. The molecule has 1 aliphatic rings. The average molecular weight is 268 g/mol. The summed E-state index contributed by atoms with van der Waals surface area (Å²) in [6.45, 7) is 0.866. The summed E-state index contributed by atoms with van der Waals surface area (Å²) >= 11 is 1.84. The summed E-state index contributed by atoms with van der Waals surface area (Å²) in [6, 6.07) is 14.8. The Kier molecular flexibility index (Phi) is 3.63. The van der Waals surface area contributed by atoms with Crippen molar-refractivity contribution in [2.24, 2.45) is 5.92 Å². The second-order valence-electron chi connectivity index (χ2n) is 5.02. The molecule has 3 heteroatoms. The summed E-state index contributed by atoms with van der Waals surface area (Å²) in [5.74, 6) is 0.803. The van der Waals surface area contributed by atoms with Gasteiger partial charge in [0, 0.05) is 17.5 Å². The molecule has 1 atom stereocenters. The lowest BCUT2D eigenvalue weighted by Gasteiger charge is -2.17. The molecule has 0 bridgehead atoms. The SMILES string of the molecule is N#Cc1ccc(CNC(c2cccs2)C2CC2)cc1. The predicted molar refractivity (Wildman–Crippen MR) is 77.8 cm³/mol. The van der Waals surface area contributed by atoms with Gasteiger partial charge in [-0.1, -0.05) is 18.2 Å². The molecule has 1 aromatic carbocycles. The van der Waals surface area contributed by atoms with Crippen molar-refractivity contribution in [3.05, 3.63) is 57.8 Å². The van der Waals surface area contributed by atoms with Crippen molar-refractivity contribution in [2.75, 3.05) is 0 Å². The third-order valence-electron chi connectivity index (χ3n) is 3.55. The highest BCUT2D eigenvalue weighted by molar-refractivity contribution is 7.10. The summed E-state index contributed by atoms with van der Waals surface area (Å²) in [4.78, 5) is 1.44. The molecule has 1 aliphatic carbocycles. The number of hydrogen-bond donors (Lipinski definition) is 1. The van der Waals surface area contributed by atoms with Crippen molar-refractivity contribution in [1.82, 2.24) is 5.32 Å². The molecular weight excluding hydrogens is 252 g/mol. The third-order valence-corrected chi connectivity index (χ3v) is 4.51. The first-order chi connectivity index (χ1) is 9.36. The number of benzene rings is 1. The fraction of sp³-hybridized carbons (Fsp3) is 0.312. The predicted octanol–water partition coefficient (Wildman–Crippen LogP) is 3.86. The highest BCUT2D eigenvalue weighted by atomic mass is 32.1. The Hall–Kier alpha value is -1.63. The van der Waals surface area contributed by atoms with Crippen LogP contribution in [0.4, 0.5) is 0 Å². The minimum Gasteiger partial charge on any atom is -0.305 e. The van der Waals surface area contributed by atoms with Crippen LogP contribution in [0.15, 0.2) is 41.8 Å². The van der Waals surface area contributed by atoms with E-state index in [1.165, 1.54) is 23.3 Å². The van der Waals surface area contributed by atoms with Gasteiger partial charge in [0.2, 0.25) is 0 Å². The fourth-order valence-corrected chi connectivity index (χ4v) is 3.22. The molecule has 0 aliphatic heterocycles. The van der Waals surface area contributed by atoms with E-state index in [9.17, 15) is 0 Å². The van der Waals surface area contributed by atoms with Crippen molar-refractivity contribution in [3.8, 4) is 6.07 Å². The monoisotopic (exact) mass is 268 g/mol. The number of rotatable bonds is 5.